The molecule has 0 saturated carbocycles. The van der Waals surface area contributed by atoms with Gasteiger partial charge in [-0.3, -0.25) is 10.1 Å². The Morgan fingerprint density at radius 2 is 1.76 bits per heavy atom. The molecule has 0 aliphatic rings. The second kappa shape index (κ2) is 9.05. The summed E-state index contributed by atoms with van der Waals surface area (Å²) in [4.78, 5) is 12.5. The molecular weight excluding hydrogens is 380 g/mol. The third kappa shape index (κ3) is 5.12. The molecule has 0 radical (unpaired) electrons. The maximum absolute atomic E-state index is 12.5. The average molecular weight is 407 g/mol. The minimum absolute atomic E-state index is 0.217. The van der Waals surface area contributed by atoms with Gasteiger partial charge in [0, 0.05) is 11.3 Å². The van der Waals surface area contributed by atoms with E-state index in [1.165, 1.54) is 16.7 Å². The van der Waals surface area contributed by atoms with Crippen molar-refractivity contribution in [2.75, 3.05) is 5.32 Å². The molecule has 1 amide bonds. The second-order valence-corrected chi connectivity index (χ2v) is 7.71. The zero-order valence-corrected chi connectivity index (χ0v) is 18.0. The fraction of sp³-hybridized carbons (Fsp3) is 0.250. The number of anilines is 1. The summed E-state index contributed by atoms with van der Waals surface area (Å²) in [5.74, 6) is 1.00. The summed E-state index contributed by atoms with van der Waals surface area (Å²) in [6.07, 6.45) is 1.09. The molecule has 3 aromatic rings. The molecule has 150 valence electrons. The summed E-state index contributed by atoms with van der Waals surface area (Å²) in [6.45, 7) is 8.48. The molecule has 0 saturated heterocycles. The van der Waals surface area contributed by atoms with Crippen LogP contribution in [0.3, 0.4) is 0 Å². The van der Waals surface area contributed by atoms with Crippen molar-refractivity contribution < 1.29 is 9.21 Å². The standard InChI is InChI=1S/C24H26N2O2S/c1-5-15(2)18-8-10-20(11-9-18)25-24(29)26-23(27)22-13-12-21(28-22)19-7-6-16(3)17(4)14-19/h6-15H,5H2,1-4H3,(H2,25,26,27,29)/t15-/m1/s1. The van der Waals surface area contributed by atoms with E-state index in [-0.39, 0.29) is 16.8 Å². The first-order valence-electron chi connectivity index (χ1n) is 9.77. The number of aryl methyl sites for hydroxylation is 2. The highest BCUT2D eigenvalue weighted by Crippen LogP contribution is 2.24. The van der Waals surface area contributed by atoms with Crippen molar-refractivity contribution in [3.05, 3.63) is 77.0 Å². The number of carbonyl (C=O) groups excluding carboxylic acids is 1. The first kappa shape index (κ1) is 20.8. The van der Waals surface area contributed by atoms with Crippen LogP contribution in [-0.2, 0) is 0 Å². The Hall–Kier alpha value is -2.92. The highest BCUT2D eigenvalue weighted by molar-refractivity contribution is 7.80. The lowest BCUT2D eigenvalue weighted by molar-refractivity contribution is 0.0951. The molecule has 3 rings (SSSR count). The van der Waals surface area contributed by atoms with E-state index >= 15 is 0 Å². The van der Waals surface area contributed by atoms with Gasteiger partial charge in [0.05, 0.1) is 0 Å². The molecule has 0 bridgehead atoms. The smallest absolute Gasteiger partial charge is 0.293 e. The molecule has 2 aromatic carbocycles. The van der Waals surface area contributed by atoms with E-state index in [9.17, 15) is 4.79 Å². The predicted octanol–water partition coefficient (Wildman–Crippen LogP) is 6.20. The van der Waals surface area contributed by atoms with Crippen LogP contribution < -0.4 is 10.6 Å². The lowest BCUT2D eigenvalue weighted by Crippen LogP contribution is -2.33. The van der Waals surface area contributed by atoms with Crippen molar-refractivity contribution in [2.45, 2.75) is 40.0 Å². The Morgan fingerprint density at radius 1 is 1.03 bits per heavy atom. The first-order chi connectivity index (χ1) is 13.9. The Morgan fingerprint density at radius 3 is 2.41 bits per heavy atom. The average Bonchev–Trinajstić information content (AvgIpc) is 3.20. The topological polar surface area (TPSA) is 54.3 Å². The summed E-state index contributed by atoms with van der Waals surface area (Å²) in [5.41, 5.74) is 5.44. The maximum atomic E-state index is 12.5. The molecule has 0 unspecified atom stereocenters. The van der Waals surface area contributed by atoms with E-state index in [0.29, 0.717) is 11.7 Å². The summed E-state index contributed by atoms with van der Waals surface area (Å²) < 4.78 is 5.73. The van der Waals surface area contributed by atoms with Crippen LogP contribution >= 0.6 is 12.2 Å². The van der Waals surface area contributed by atoms with Crippen molar-refractivity contribution in [1.29, 1.82) is 0 Å². The van der Waals surface area contributed by atoms with Crippen LogP contribution in [0.1, 0.15) is 53.4 Å². The largest absolute Gasteiger partial charge is 0.451 e. The molecule has 0 spiro atoms. The van der Waals surface area contributed by atoms with Gasteiger partial charge in [0.1, 0.15) is 5.76 Å². The van der Waals surface area contributed by atoms with Crippen LogP contribution in [-0.4, -0.2) is 11.0 Å². The molecule has 1 aromatic heterocycles. The maximum Gasteiger partial charge on any atom is 0.293 e. The van der Waals surface area contributed by atoms with Gasteiger partial charge in [-0.1, -0.05) is 38.1 Å². The molecule has 29 heavy (non-hydrogen) atoms. The van der Waals surface area contributed by atoms with Crippen molar-refractivity contribution in [3.63, 3.8) is 0 Å². The number of thiocarbonyl (C=S) groups is 1. The van der Waals surface area contributed by atoms with Crippen molar-refractivity contribution in [2.24, 2.45) is 0 Å². The van der Waals surface area contributed by atoms with Crippen LogP contribution in [0.4, 0.5) is 5.69 Å². The predicted molar refractivity (Wildman–Crippen MR) is 122 cm³/mol. The Bertz CT molecular complexity index is 1020. The van der Waals surface area contributed by atoms with E-state index in [0.717, 1.165) is 17.7 Å². The molecular formula is C24H26N2O2S. The molecule has 2 N–H and O–H groups in total. The normalized spacial score (nSPS) is 11.7. The van der Waals surface area contributed by atoms with Gasteiger partial charge in [0.25, 0.3) is 5.91 Å². The number of amides is 1. The molecule has 5 heteroatoms. The van der Waals surface area contributed by atoms with Gasteiger partial charge in [-0.25, -0.2) is 0 Å². The van der Waals surface area contributed by atoms with Gasteiger partial charge < -0.3 is 9.73 Å². The molecule has 0 aliphatic carbocycles. The minimum Gasteiger partial charge on any atom is -0.451 e. The van der Waals surface area contributed by atoms with Crippen molar-refractivity contribution in [3.8, 4) is 11.3 Å². The highest BCUT2D eigenvalue weighted by atomic mass is 32.1. The van der Waals surface area contributed by atoms with Crippen LogP contribution in [0.5, 0.6) is 0 Å². The van der Waals surface area contributed by atoms with Crippen molar-refractivity contribution in [1.82, 2.24) is 5.32 Å². The van der Waals surface area contributed by atoms with E-state index in [2.05, 4.69) is 50.5 Å². The zero-order valence-electron chi connectivity index (χ0n) is 17.2. The van der Waals surface area contributed by atoms with Gasteiger partial charge in [-0.15, -0.1) is 0 Å². The first-order valence-corrected chi connectivity index (χ1v) is 10.2. The Kier molecular flexibility index (Phi) is 6.49. The third-order valence-electron chi connectivity index (χ3n) is 5.20. The number of nitrogens with one attached hydrogen (secondary N) is 2. The lowest BCUT2D eigenvalue weighted by Gasteiger charge is -2.12. The number of furan rings is 1. The zero-order chi connectivity index (χ0) is 21.0. The summed E-state index contributed by atoms with van der Waals surface area (Å²) in [6, 6.07) is 17.6. The van der Waals surface area contributed by atoms with Crippen molar-refractivity contribution >= 4 is 28.9 Å². The van der Waals surface area contributed by atoms with E-state index < -0.39 is 0 Å². The van der Waals surface area contributed by atoms with Gasteiger partial charge in [0.2, 0.25) is 0 Å². The quantitative estimate of drug-likeness (QED) is 0.495. The number of carbonyl (C=O) groups is 1. The SMILES string of the molecule is CC[C@@H](C)c1ccc(NC(=S)NC(=O)c2ccc(-c3ccc(C)c(C)c3)o2)cc1. The van der Waals surface area contributed by atoms with E-state index in [4.69, 9.17) is 16.6 Å². The van der Waals surface area contributed by atoms with Crippen LogP contribution in [0.25, 0.3) is 11.3 Å². The number of hydrogen-bond donors (Lipinski definition) is 2. The summed E-state index contributed by atoms with van der Waals surface area (Å²) in [5, 5.41) is 5.93. The second-order valence-electron chi connectivity index (χ2n) is 7.30. The third-order valence-corrected chi connectivity index (χ3v) is 5.40. The molecule has 4 nitrogen and oxygen atoms in total. The monoisotopic (exact) mass is 406 g/mol. The Balaban J connectivity index is 1.62. The van der Waals surface area contributed by atoms with E-state index in [1.54, 1.807) is 12.1 Å². The van der Waals surface area contributed by atoms with Gasteiger partial charge in [0.15, 0.2) is 10.9 Å². The number of hydrogen-bond acceptors (Lipinski definition) is 3. The minimum atomic E-state index is -0.381. The summed E-state index contributed by atoms with van der Waals surface area (Å²) >= 11 is 5.27. The Labute approximate surface area is 177 Å². The summed E-state index contributed by atoms with van der Waals surface area (Å²) in [7, 11) is 0. The number of rotatable bonds is 5. The molecule has 1 heterocycles. The van der Waals surface area contributed by atoms with Gasteiger partial charge in [-0.05, 0) is 85.4 Å². The van der Waals surface area contributed by atoms with Crippen LogP contribution in [0, 0.1) is 13.8 Å². The van der Waals surface area contributed by atoms with Crippen LogP contribution in [0.15, 0.2) is 59.0 Å². The molecule has 0 fully saturated rings. The van der Waals surface area contributed by atoms with Gasteiger partial charge in [-0.2, -0.15) is 0 Å². The van der Waals surface area contributed by atoms with E-state index in [1.807, 2.05) is 30.3 Å². The van der Waals surface area contributed by atoms with Crippen LogP contribution in [0.2, 0.25) is 0 Å². The molecule has 1 atom stereocenters. The lowest BCUT2D eigenvalue weighted by atomic mass is 9.99. The fourth-order valence-electron chi connectivity index (χ4n) is 2.97. The molecule has 0 aliphatic heterocycles. The fourth-order valence-corrected chi connectivity index (χ4v) is 3.18. The van der Waals surface area contributed by atoms with Gasteiger partial charge >= 0.3 is 0 Å². The highest BCUT2D eigenvalue weighted by Gasteiger charge is 2.14. The number of benzene rings is 2.